The number of aromatic amines is 1. The van der Waals surface area contributed by atoms with E-state index in [4.69, 9.17) is 5.73 Å². The number of nitrogens with two attached hydrogens (primary N) is 1. The van der Waals surface area contributed by atoms with E-state index < -0.39 is 0 Å². The smallest absolute Gasteiger partial charge is 0.236 e. The van der Waals surface area contributed by atoms with E-state index in [0.29, 0.717) is 0 Å². The fourth-order valence-electron chi connectivity index (χ4n) is 1.35. The second-order valence-corrected chi connectivity index (χ2v) is 3.09. The number of primary amides is 1. The molecule has 0 radical (unpaired) electrons. The van der Waals surface area contributed by atoms with Crippen LogP contribution in [0.3, 0.4) is 0 Å². The maximum atomic E-state index is 10.5. The molecule has 2 rings (SSSR count). The highest BCUT2D eigenvalue weighted by atomic mass is 16.1. The van der Waals surface area contributed by atoms with Crippen molar-refractivity contribution in [1.29, 1.82) is 0 Å². The first-order valence-electron chi connectivity index (χ1n) is 4.35. The molecule has 2 aromatic rings. The molecule has 0 spiro atoms. The Morgan fingerprint density at radius 2 is 2.21 bits per heavy atom. The summed E-state index contributed by atoms with van der Waals surface area (Å²) >= 11 is 0. The van der Waals surface area contributed by atoms with Crippen molar-refractivity contribution in [2.75, 3.05) is 11.9 Å². The Labute approximate surface area is 81.1 Å². The number of aromatic nitrogens is 1. The molecule has 0 aliphatic carbocycles. The average Bonchev–Trinajstić information content (AvgIpc) is 2.57. The molecule has 0 saturated carbocycles. The van der Waals surface area contributed by atoms with Gasteiger partial charge in [0.05, 0.1) is 6.54 Å². The van der Waals surface area contributed by atoms with Crippen LogP contribution in [0.25, 0.3) is 10.9 Å². The van der Waals surface area contributed by atoms with Crippen LogP contribution < -0.4 is 11.1 Å². The third kappa shape index (κ3) is 1.69. The minimum absolute atomic E-state index is 0.146. The number of fused-ring (bicyclic) bond motifs is 1. The number of anilines is 1. The van der Waals surface area contributed by atoms with Gasteiger partial charge in [-0.3, -0.25) is 4.79 Å². The molecule has 1 aromatic carbocycles. The van der Waals surface area contributed by atoms with Crippen molar-refractivity contribution >= 4 is 22.6 Å². The molecule has 4 heteroatoms. The summed E-state index contributed by atoms with van der Waals surface area (Å²) in [5.74, 6) is 0.439. The van der Waals surface area contributed by atoms with E-state index in [1.54, 1.807) is 0 Å². The Bertz CT molecular complexity index is 428. The number of nitrogens with one attached hydrogen (secondary N) is 2. The highest BCUT2D eigenvalue weighted by Crippen LogP contribution is 2.17. The Kier molecular flexibility index (Phi) is 2.10. The van der Waals surface area contributed by atoms with Crippen LogP contribution in [0.5, 0.6) is 0 Å². The molecule has 1 aromatic heterocycles. The van der Waals surface area contributed by atoms with Gasteiger partial charge in [0.25, 0.3) is 0 Å². The Morgan fingerprint density at radius 1 is 1.43 bits per heavy atom. The summed E-state index contributed by atoms with van der Waals surface area (Å²) < 4.78 is 0. The maximum Gasteiger partial charge on any atom is 0.236 e. The molecule has 4 N–H and O–H groups in total. The normalized spacial score (nSPS) is 10.3. The highest BCUT2D eigenvalue weighted by Gasteiger charge is 1.99. The van der Waals surface area contributed by atoms with Crippen molar-refractivity contribution in [2.45, 2.75) is 0 Å². The predicted octanol–water partition coefficient (Wildman–Crippen LogP) is 1.07. The van der Waals surface area contributed by atoms with Gasteiger partial charge in [-0.05, 0) is 12.1 Å². The van der Waals surface area contributed by atoms with E-state index in [1.165, 1.54) is 0 Å². The molecular formula is C10H11N3O. The summed E-state index contributed by atoms with van der Waals surface area (Å²) in [6.45, 7) is 0.146. The van der Waals surface area contributed by atoms with Crippen LogP contribution in [-0.2, 0) is 4.79 Å². The molecule has 0 saturated heterocycles. The van der Waals surface area contributed by atoms with Crippen LogP contribution in [-0.4, -0.2) is 17.4 Å². The zero-order valence-electron chi connectivity index (χ0n) is 7.58. The second kappa shape index (κ2) is 3.41. The van der Waals surface area contributed by atoms with E-state index in [9.17, 15) is 4.79 Å². The Morgan fingerprint density at radius 3 is 2.93 bits per heavy atom. The third-order valence-corrected chi connectivity index (χ3v) is 1.98. The van der Waals surface area contributed by atoms with Gasteiger partial charge in [-0.2, -0.15) is 0 Å². The van der Waals surface area contributed by atoms with Gasteiger partial charge in [0, 0.05) is 10.9 Å². The van der Waals surface area contributed by atoms with Gasteiger partial charge in [0.2, 0.25) is 5.91 Å². The summed E-state index contributed by atoms with van der Waals surface area (Å²) in [7, 11) is 0. The SMILES string of the molecule is NC(=O)CNc1cc2ccccc2[nH]1. The molecule has 14 heavy (non-hydrogen) atoms. The quantitative estimate of drug-likeness (QED) is 0.675. The summed E-state index contributed by atoms with van der Waals surface area (Å²) in [5, 5.41) is 4.01. The van der Waals surface area contributed by atoms with E-state index in [2.05, 4.69) is 10.3 Å². The number of benzene rings is 1. The lowest BCUT2D eigenvalue weighted by Crippen LogP contribution is -2.21. The number of amides is 1. The topological polar surface area (TPSA) is 70.9 Å². The fraction of sp³-hybridized carbons (Fsp3) is 0.100. The Hall–Kier alpha value is -1.97. The largest absolute Gasteiger partial charge is 0.368 e. The van der Waals surface area contributed by atoms with Crippen LogP contribution >= 0.6 is 0 Å². The average molecular weight is 189 g/mol. The van der Waals surface area contributed by atoms with E-state index >= 15 is 0 Å². The summed E-state index contributed by atoms with van der Waals surface area (Å²) in [5.41, 5.74) is 6.06. The summed E-state index contributed by atoms with van der Waals surface area (Å²) in [6, 6.07) is 9.84. The molecule has 1 amide bonds. The van der Waals surface area contributed by atoms with Crippen molar-refractivity contribution in [3.8, 4) is 0 Å². The molecular weight excluding hydrogens is 178 g/mol. The molecule has 0 aliphatic rings. The number of para-hydroxylation sites is 1. The summed E-state index contributed by atoms with van der Waals surface area (Å²) in [4.78, 5) is 13.7. The molecule has 0 atom stereocenters. The summed E-state index contributed by atoms with van der Waals surface area (Å²) in [6.07, 6.45) is 0. The number of hydrogen-bond donors (Lipinski definition) is 3. The number of hydrogen-bond acceptors (Lipinski definition) is 2. The third-order valence-electron chi connectivity index (χ3n) is 1.98. The minimum Gasteiger partial charge on any atom is -0.368 e. The first-order chi connectivity index (χ1) is 6.75. The van der Waals surface area contributed by atoms with Crippen molar-refractivity contribution < 1.29 is 4.79 Å². The number of H-pyrrole nitrogens is 1. The van der Waals surface area contributed by atoms with Crippen LogP contribution in [0.2, 0.25) is 0 Å². The Balaban J connectivity index is 2.22. The van der Waals surface area contributed by atoms with Crippen molar-refractivity contribution in [3.63, 3.8) is 0 Å². The zero-order chi connectivity index (χ0) is 9.97. The standard InChI is InChI=1S/C10H11N3O/c11-9(14)6-12-10-5-7-3-1-2-4-8(7)13-10/h1-5,12-13H,6H2,(H2,11,14). The first-order valence-corrected chi connectivity index (χ1v) is 4.35. The zero-order valence-corrected chi connectivity index (χ0v) is 7.58. The molecule has 72 valence electrons. The lowest BCUT2D eigenvalue weighted by molar-refractivity contribution is -0.116. The maximum absolute atomic E-state index is 10.5. The molecule has 0 unspecified atom stereocenters. The van der Waals surface area contributed by atoms with Crippen LogP contribution in [0.4, 0.5) is 5.82 Å². The lowest BCUT2D eigenvalue weighted by Gasteiger charge is -1.97. The van der Waals surface area contributed by atoms with Crippen LogP contribution in [0, 0.1) is 0 Å². The fourth-order valence-corrected chi connectivity index (χ4v) is 1.35. The second-order valence-electron chi connectivity index (χ2n) is 3.09. The van der Waals surface area contributed by atoms with Gasteiger partial charge in [-0.1, -0.05) is 18.2 Å². The minimum atomic E-state index is -0.372. The first kappa shape index (κ1) is 8.62. The van der Waals surface area contributed by atoms with E-state index in [0.717, 1.165) is 16.7 Å². The van der Waals surface area contributed by atoms with Gasteiger partial charge in [0.15, 0.2) is 0 Å². The molecule has 0 fully saturated rings. The van der Waals surface area contributed by atoms with Crippen molar-refractivity contribution in [2.24, 2.45) is 5.73 Å². The van der Waals surface area contributed by atoms with Gasteiger partial charge >= 0.3 is 0 Å². The highest BCUT2D eigenvalue weighted by molar-refractivity contribution is 5.85. The number of carbonyl (C=O) groups excluding carboxylic acids is 1. The van der Waals surface area contributed by atoms with E-state index in [1.807, 2.05) is 30.3 Å². The van der Waals surface area contributed by atoms with Crippen LogP contribution in [0.1, 0.15) is 0 Å². The molecule has 0 bridgehead atoms. The number of rotatable bonds is 3. The van der Waals surface area contributed by atoms with Gasteiger partial charge < -0.3 is 16.0 Å². The number of carbonyl (C=O) groups is 1. The van der Waals surface area contributed by atoms with Gasteiger partial charge in [-0.15, -0.1) is 0 Å². The van der Waals surface area contributed by atoms with E-state index in [-0.39, 0.29) is 12.5 Å². The van der Waals surface area contributed by atoms with Gasteiger partial charge in [-0.25, -0.2) is 0 Å². The van der Waals surface area contributed by atoms with Crippen molar-refractivity contribution in [1.82, 2.24) is 4.98 Å². The molecule has 0 aliphatic heterocycles. The van der Waals surface area contributed by atoms with Crippen molar-refractivity contribution in [3.05, 3.63) is 30.3 Å². The lowest BCUT2D eigenvalue weighted by atomic mass is 10.2. The monoisotopic (exact) mass is 189 g/mol. The predicted molar refractivity (Wildman–Crippen MR) is 56.0 cm³/mol. The molecule has 1 heterocycles. The van der Waals surface area contributed by atoms with Crippen LogP contribution in [0.15, 0.2) is 30.3 Å². The van der Waals surface area contributed by atoms with Gasteiger partial charge in [0.1, 0.15) is 5.82 Å². The molecule has 4 nitrogen and oxygen atoms in total.